The highest BCUT2D eigenvalue weighted by atomic mass is 79.9. The number of pyridine rings is 1. The second kappa shape index (κ2) is 4.86. The number of rotatable bonds is 2. The van der Waals surface area contributed by atoms with E-state index >= 15 is 0 Å². The van der Waals surface area contributed by atoms with Crippen LogP contribution in [-0.4, -0.2) is 8.94 Å². The summed E-state index contributed by atoms with van der Waals surface area (Å²) in [6.07, 6.45) is 1.71. The molecule has 3 nitrogen and oxygen atoms in total. The number of fused-ring (bicyclic) bond motifs is 1. The van der Waals surface area contributed by atoms with Gasteiger partial charge in [-0.25, -0.2) is 9.37 Å². The molecule has 0 spiro atoms. The zero-order chi connectivity index (χ0) is 13.4. The molecular formula is C13H8BrFN2OS. The fourth-order valence-corrected chi connectivity index (χ4v) is 3.05. The summed E-state index contributed by atoms with van der Waals surface area (Å²) in [5.41, 5.74) is 0.764. The SMILES string of the molecule is O=c1c2cc(F)ccc2sn1Cc1ccc(Br)nc1. The van der Waals surface area contributed by atoms with E-state index in [2.05, 4.69) is 20.9 Å². The molecule has 0 aliphatic rings. The molecule has 0 atom stereocenters. The van der Waals surface area contributed by atoms with Crippen LogP contribution in [0.25, 0.3) is 10.1 Å². The van der Waals surface area contributed by atoms with Crippen LogP contribution in [0.1, 0.15) is 5.56 Å². The first-order valence-corrected chi connectivity index (χ1v) is 7.10. The molecule has 0 aliphatic heterocycles. The Kier molecular flexibility index (Phi) is 3.20. The summed E-state index contributed by atoms with van der Waals surface area (Å²) in [7, 11) is 0. The van der Waals surface area contributed by atoms with Gasteiger partial charge < -0.3 is 0 Å². The molecule has 0 saturated heterocycles. The molecule has 0 amide bonds. The Balaban J connectivity index is 2.04. The van der Waals surface area contributed by atoms with E-state index in [-0.39, 0.29) is 11.4 Å². The van der Waals surface area contributed by atoms with E-state index in [9.17, 15) is 9.18 Å². The second-order valence-electron chi connectivity index (χ2n) is 4.06. The van der Waals surface area contributed by atoms with Gasteiger partial charge in [-0.3, -0.25) is 8.75 Å². The highest BCUT2D eigenvalue weighted by Gasteiger charge is 2.09. The van der Waals surface area contributed by atoms with Gasteiger partial charge >= 0.3 is 0 Å². The highest BCUT2D eigenvalue weighted by Crippen LogP contribution is 2.18. The Morgan fingerprint density at radius 1 is 1.32 bits per heavy atom. The summed E-state index contributed by atoms with van der Waals surface area (Å²) in [6.45, 7) is 0.445. The zero-order valence-electron chi connectivity index (χ0n) is 9.64. The number of aromatic nitrogens is 2. The fraction of sp³-hybridized carbons (Fsp3) is 0.0769. The van der Waals surface area contributed by atoms with Crippen LogP contribution in [0.4, 0.5) is 4.39 Å². The van der Waals surface area contributed by atoms with Gasteiger partial charge in [0.05, 0.1) is 16.6 Å². The van der Waals surface area contributed by atoms with Crippen molar-refractivity contribution in [1.82, 2.24) is 8.94 Å². The molecule has 1 aromatic carbocycles. The molecule has 3 rings (SSSR count). The van der Waals surface area contributed by atoms with Crippen molar-refractivity contribution in [2.75, 3.05) is 0 Å². The lowest BCUT2D eigenvalue weighted by Gasteiger charge is -2.00. The molecule has 96 valence electrons. The minimum atomic E-state index is -0.389. The molecule has 0 bridgehead atoms. The minimum absolute atomic E-state index is 0.164. The van der Waals surface area contributed by atoms with Gasteiger partial charge in [0.2, 0.25) is 0 Å². The lowest BCUT2D eigenvalue weighted by atomic mass is 10.2. The van der Waals surface area contributed by atoms with Gasteiger partial charge in [0.15, 0.2) is 0 Å². The predicted molar refractivity (Wildman–Crippen MR) is 77.1 cm³/mol. The van der Waals surface area contributed by atoms with Crippen LogP contribution in [0.2, 0.25) is 0 Å². The number of nitrogens with zero attached hydrogens (tertiary/aromatic N) is 2. The summed E-state index contributed by atoms with van der Waals surface area (Å²) in [6, 6.07) is 8.00. The Labute approximate surface area is 120 Å². The Morgan fingerprint density at radius 2 is 2.16 bits per heavy atom. The van der Waals surface area contributed by atoms with Gasteiger partial charge in [-0.15, -0.1) is 0 Å². The molecule has 0 aliphatic carbocycles. The summed E-state index contributed by atoms with van der Waals surface area (Å²) < 4.78 is 16.3. The summed E-state index contributed by atoms with van der Waals surface area (Å²) in [5.74, 6) is -0.389. The number of halogens is 2. The summed E-state index contributed by atoms with van der Waals surface area (Å²) in [4.78, 5) is 16.2. The molecule has 0 N–H and O–H groups in total. The average molecular weight is 339 g/mol. The molecule has 19 heavy (non-hydrogen) atoms. The van der Waals surface area contributed by atoms with E-state index in [1.807, 2.05) is 12.1 Å². The van der Waals surface area contributed by atoms with Gasteiger partial charge in [-0.1, -0.05) is 17.6 Å². The molecule has 2 aromatic heterocycles. The number of benzene rings is 1. The molecule has 0 saturated carbocycles. The number of hydrogen-bond acceptors (Lipinski definition) is 3. The molecule has 0 radical (unpaired) electrons. The van der Waals surface area contributed by atoms with Crippen LogP contribution in [0.3, 0.4) is 0 Å². The Hall–Kier alpha value is -1.53. The van der Waals surface area contributed by atoms with Crippen molar-refractivity contribution >= 4 is 37.5 Å². The van der Waals surface area contributed by atoms with Crippen LogP contribution in [0.15, 0.2) is 45.9 Å². The summed E-state index contributed by atoms with van der Waals surface area (Å²) in [5, 5.41) is 0.426. The predicted octanol–water partition coefficient (Wildman–Crippen LogP) is 3.41. The molecule has 0 unspecified atom stereocenters. The minimum Gasteiger partial charge on any atom is -0.268 e. The maximum atomic E-state index is 13.1. The third-order valence-corrected chi connectivity index (χ3v) is 4.26. The maximum absolute atomic E-state index is 13.1. The van der Waals surface area contributed by atoms with Crippen molar-refractivity contribution in [2.45, 2.75) is 6.54 Å². The first kappa shape index (κ1) is 12.5. The quantitative estimate of drug-likeness (QED) is 0.671. The first-order chi connectivity index (χ1) is 9.13. The third kappa shape index (κ3) is 2.46. The van der Waals surface area contributed by atoms with Crippen LogP contribution >= 0.6 is 27.5 Å². The van der Waals surface area contributed by atoms with Crippen molar-refractivity contribution in [3.05, 3.63) is 62.9 Å². The molecule has 2 heterocycles. The van der Waals surface area contributed by atoms with Gasteiger partial charge in [0.25, 0.3) is 5.56 Å². The maximum Gasteiger partial charge on any atom is 0.268 e. The van der Waals surface area contributed by atoms with Crippen LogP contribution < -0.4 is 5.56 Å². The fourth-order valence-electron chi connectivity index (χ4n) is 1.81. The van der Waals surface area contributed by atoms with E-state index in [1.54, 1.807) is 16.2 Å². The van der Waals surface area contributed by atoms with E-state index in [4.69, 9.17) is 0 Å². The van der Waals surface area contributed by atoms with Crippen molar-refractivity contribution in [3.63, 3.8) is 0 Å². The molecular weight excluding hydrogens is 331 g/mol. The Morgan fingerprint density at radius 3 is 2.89 bits per heavy atom. The van der Waals surface area contributed by atoms with Gasteiger partial charge in [-0.05, 0) is 45.8 Å². The lowest BCUT2D eigenvalue weighted by molar-refractivity contribution is 0.629. The normalized spacial score (nSPS) is 11.1. The van der Waals surface area contributed by atoms with Gasteiger partial charge in [-0.2, -0.15) is 0 Å². The van der Waals surface area contributed by atoms with Crippen molar-refractivity contribution in [3.8, 4) is 0 Å². The van der Waals surface area contributed by atoms with E-state index in [0.717, 1.165) is 14.9 Å². The molecule has 0 fully saturated rings. The molecule has 3 aromatic rings. The topological polar surface area (TPSA) is 34.9 Å². The van der Waals surface area contributed by atoms with Crippen LogP contribution in [0.5, 0.6) is 0 Å². The van der Waals surface area contributed by atoms with Gasteiger partial charge in [0.1, 0.15) is 10.4 Å². The first-order valence-electron chi connectivity index (χ1n) is 5.53. The Bertz CT molecular complexity index is 795. The molecule has 6 heteroatoms. The number of hydrogen-bond donors (Lipinski definition) is 0. The lowest BCUT2D eigenvalue weighted by Crippen LogP contribution is -2.13. The van der Waals surface area contributed by atoms with Crippen molar-refractivity contribution < 1.29 is 4.39 Å². The van der Waals surface area contributed by atoms with Crippen molar-refractivity contribution in [2.24, 2.45) is 0 Å². The van der Waals surface area contributed by atoms with E-state index in [1.165, 1.54) is 23.7 Å². The monoisotopic (exact) mass is 338 g/mol. The zero-order valence-corrected chi connectivity index (χ0v) is 12.0. The smallest absolute Gasteiger partial charge is 0.268 e. The van der Waals surface area contributed by atoms with Gasteiger partial charge in [0, 0.05) is 6.20 Å². The van der Waals surface area contributed by atoms with Crippen LogP contribution in [0, 0.1) is 5.82 Å². The largest absolute Gasteiger partial charge is 0.268 e. The second-order valence-corrected chi connectivity index (χ2v) is 5.94. The summed E-state index contributed by atoms with van der Waals surface area (Å²) >= 11 is 4.59. The third-order valence-electron chi connectivity index (χ3n) is 2.72. The highest BCUT2D eigenvalue weighted by molar-refractivity contribution is 9.10. The van der Waals surface area contributed by atoms with Crippen molar-refractivity contribution in [1.29, 1.82) is 0 Å². The van der Waals surface area contributed by atoms with Crippen LogP contribution in [-0.2, 0) is 6.54 Å². The van der Waals surface area contributed by atoms with E-state index < -0.39 is 0 Å². The standard InChI is InChI=1S/C13H8BrFN2OS/c14-12-4-1-8(6-16-12)7-17-13(18)10-5-9(15)2-3-11(10)19-17/h1-6H,7H2. The average Bonchev–Trinajstić information content (AvgIpc) is 2.70. The van der Waals surface area contributed by atoms with E-state index in [0.29, 0.717) is 11.9 Å².